The number of carbonyl (C=O) groups is 3. The molecule has 1 aliphatic rings. The fraction of sp³-hybridized carbons (Fsp3) is 0.312. The van der Waals surface area contributed by atoms with Gasteiger partial charge in [0.05, 0.1) is 0 Å². The molecule has 0 fully saturated rings. The molecule has 0 aliphatic carbocycles. The van der Waals surface area contributed by atoms with Crippen LogP contribution in [0.5, 0.6) is 0 Å². The summed E-state index contributed by atoms with van der Waals surface area (Å²) in [6, 6.07) is 5.76. The Morgan fingerprint density at radius 1 is 1.14 bits per heavy atom. The van der Waals surface area contributed by atoms with Crippen molar-refractivity contribution in [3.05, 3.63) is 42.0 Å². The summed E-state index contributed by atoms with van der Waals surface area (Å²) < 4.78 is 0. The van der Waals surface area contributed by atoms with E-state index in [9.17, 15) is 14.4 Å². The van der Waals surface area contributed by atoms with Crippen LogP contribution in [0.2, 0.25) is 0 Å². The van der Waals surface area contributed by atoms with Crippen LogP contribution in [0.1, 0.15) is 36.5 Å². The Balaban J connectivity index is 2.27. The van der Waals surface area contributed by atoms with Gasteiger partial charge in [0.25, 0.3) is 11.8 Å². The average molecular weight is 286 g/mol. The maximum absolute atomic E-state index is 12.6. The Bertz CT molecular complexity index is 572. The van der Waals surface area contributed by atoms with Crippen LogP contribution in [0.4, 0.5) is 5.69 Å². The van der Waals surface area contributed by atoms with Gasteiger partial charge in [-0.3, -0.25) is 19.3 Å². The lowest BCUT2D eigenvalue weighted by molar-refractivity contribution is -0.138. The monoisotopic (exact) mass is 286 g/mol. The van der Waals surface area contributed by atoms with Crippen molar-refractivity contribution in [3.8, 4) is 0 Å². The molecule has 0 radical (unpaired) electrons. The molecule has 110 valence electrons. The number of amides is 2. The van der Waals surface area contributed by atoms with Gasteiger partial charge in [-0.15, -0.1) is 0 Å². The van der Waals surface area contributed by atoms with Crippen molar-refractivity contribution < 1.29 is 14.4 Å². The van der Waals surface area contributed by atoms with Crippen LogP contribution in [0.15, 0.2) is 36.4 Å². The van der Waals surface area contributed by atoms with Gasteiger partial charge >= 0.3 is 0 Å². The first kappa shape index (κ1) is 15.0. The van der Waals surface area contributed by atoms with Crippen LogP contribution >= 0.6 is 0 Å². The number of anilines is 1. The smallest absolute Gasteiger partial charge is 0.254 e. The zero-order valence-corrected chi connectivity index (χ0v) is 11.9. The van der Waals surface area contributed by atoms with E-state index in [4.69, 9.17) is 5.73 Å². The van der Waals surface area contributed by atoms with E-state index in [0.717, 1.165) is 17.7 Å². The molecule has 5 nitrogen and oxygen atoms in total. The SMILES string of the molecule is CCCCC(C(=O)c1ccc(N)cc1)N1C(=O)C=CC1=O. The predicted molar refractivity (Wildman–Crippen MR) is 79.5 cm³/mol. The van der Waals surface area contributed by atoms with Crippen molar-refractivity contribution in [1.82, 2.24) is 4.90 Å². The maximum Gasteiger partial charge on any atom is 0.254 e. The van der Waals surface area contributed by atoms with E-state index in [0.29, 0.717) is 17.7 Å². The number of nitrogens with two attached hydrogens (primary N) is 1. The van der Waals surface area contributed by atoms with Crippen molar-refractivity contribution in [3.63, 3.8) is 0 Å². The van der Waals surface area contributed by atoms with E-state index < -0.39 is 17.9 Å². The number of carbonyl (C=O) groups excluding carboxylic acids is 3. The van der Waals surface area contributed by atoms with Gasteiger partial charge in [0.15, 0.2) is 5.78 Å². The molecule has 0 spiro atoms. The van der Waals surface area contributed by atoms with Gasteiger partial charge in [0.2, 0.25) is 0 Å². The molecular weight excluding hydrogens is 268 g/mol. The maximum atomic E-state index is 12.6. The average Bonchev–Trinajstić information content (AvgIpc) is 2.80. The van der Waals surface area contributed by atoms with E-state index in [-0.39, 0.29) is 5.78 Å². The van der Waals surface area contributed by atoms with Crippen LogP contribution in [0.25, 0.3) is 0 Å². The van der Waals surface area contributed by atoms with Crippen molar-refractivity contribution in [2.45, 2.75) is 32.2 Å². The molecule has 1 unspecified atom stereocenters. The summed E-state index contributed by atoms with van der Waals surface area (Å²) in [6.45, 7) is 2.00. The van der Waals surface area contributed by atoms with Gasteiger partial charge in [-0.1, -0.05) is 19.8 Å². The van der Waals surface area contributed by atoms with Crippen molar-refractivity contribution in [2.24, 2.45) is 0 Å². The quantitative estimate of drug-likeness (QED) is 0.492. The summed E-state index contributed by atoms with van der Waals surface area (Å²) in [4.78, 5) is 37.3. The van der Waals surface area contributed by atoms with E-state index in [1.54, 1.807) is 24.3 Å². The van der Waals surface area contributed by atoms with Crippen LogP contribution in [-0.2, 0) is 9.59 Å². The highest BCUT2D eigenvalue weighted by Gasteiger charge is 2.35. The Kier molecular flexibility index (Phi) is 4.52. The minimum absolute atomic E-state index is 0.228. The van der Waals surface area contributed by atoms with Gasteiger partial charge < -0.3 is 5.73 Å². The highest BCUT2D eigenvalue weighted by Crippen LogP contribution is 2.20. The molecule has 1 aromatic rings. The third kappa shape index (κ3) is 3.18. The Labute approximate surface area is 123 Å². The molecule has 1 aromatic carbocycles. The Morgan fingerprint density at radius 3 is 2.24 bits per heavy atom. The minimum atomic E-state index is -0.747. The molecule has 2 rings (SSSR count). The zero-order chi connectivity index (χ0) is 15.4. The molecule has 0 saturated carbocycles. The van der Waals surface area contributed by atoms with E-state index in [1.807, 2.05) is 6.92 Å². The molecule has 21 heavy (non-hydrogen) atoms. The first-order valence-electron chi connectivity index (χ1n) is 6.99. The molecule has 0 aromatic heterocycles. The summed E-state index contributed by atoms with van der Waals surface area (Å²) in [5.74, 6) is -1.08. The third-order valence-corrected chi connectivity index (χ3v) is 3.48. The lowest BCUT2D eigenvalue weighted by Crippen LogP contribution is -2.45. The number of imide groups is 1. The normalized spacial score (nSPS) is 15.6. The molecular formula is C16H18N2O3. The fourth-order valence-corrected chi connectivity index (χ4v) is 2.33. The number of unbranched alkanes of at least 4 members (excludes halogenated alkanes) is 1. The standard InChI is InChI=1S/C16H18N2O3/c1-2-3-4-13(18-14(19)9-10-15(18)20)16(21)11-5-7-12(17)8-6-11/h5-10,13H,2-4,17H2,1H3. The number of nitrogens with zero attached hydrogens (tertiary/aromatic N) is 1. The summed E-state index contributed by atoms with van der Waals surface area (Å²) in [6.07, 6.45) is 4.53. The zero-order valence-electron chi connectivity index (χ0n) is 11.9. The Hall–Kier alpha value is -2.43. The number of benzene rings is 1. The van der Waals surface area contributed by atoms with Crippen molar-refractivity contribution in [2.75, 3.05) is 5.73 Å². The summed E-state index contributed by atoms with van der Waals surface area (Å²) in [5.41, 5.74) is 6.63. The second kappa shape index (κ2) is 6.35. The summed E-state index contributed by atoms with van der Waals surface area (Å²) in [7, 11) is 0. The first-order valence-corrected chi connectivity index (χ1v) is 6.99. The Morgan fingerprint density at radius 2 is 1.71 bits per heavy atom. The third-order valence-electron chi connectivity index (χ3n) is 3.48. The predicted octanol–water partition coefficient (Wildman–Crippen LogP) is 1.94. The second-order valence-corrected chi connectivity index (χ2v) is 5.02. The lowest BCUT2D eigenvalue weighted by atomic mass is 9.98. The molecule has 0 bridgehead atoms. The van der Waals surface area contributed by atoms with Crippen molar-refractivity contribution in [1.29, 1.82) is 0 Å². The fourth-order valence-electron chi connectivity index (χ4n) is 2.33. The van der Waals surface area contributed by atoms with Crippen LogP contribution in [0.3, 0.4) is 0 Å². The molecule has 5 heteroatoms. The number of Topliss-reactive ketones (excluding diaryl/α,β-unsaturated/α-hetero) is 1. The molecule has 0 saturated heterocycles. The largest absolute Gasteiger partial charge is 0.399 e. The number of rotatable bonds is 6. The van der Waals surface area contributed by atoms with E-state index >= 15 is 0 Å². The van der Waals surface area contributed by atoms with E-state index in [2.05, 4.69) is 0 Å². The van der Waals surface area contributed by atoms with Gasteiger partial charge in [0, 0.05) is 23.4 Å². The molecule has 2 amide bonds. The highest BCUT2D eigenvalue weighted by molar-refractivity contribution is 6.16. The van der Waals surface area contributed by atoms with Crippen LogP contribution in [-0.4, -0.2) is 28.5 Å². The van der Waals surface area contributed by atoms with Crippen molar-refractivity contribution >= 4 is 23.3 Å². The molecule has 1 heterocycles. The second-order valence-electron chi connectivity index (χ2n) is 5.02. The molecule has 2 N–H and O–H groups in total. The van der Waals surface area contributed by atoms with Crippen LogP contribution in [0, 0.1) is 0 Å². The van der Waals surface area contributed by atoms with Gasteiger partial charge in [-0.25, -0.2) is 0 Å². The first-order chi connectivity index (χ1) is 10.0. The minimum Gasteiger partial charge on any atom is -0.399 e. The number of nitrogen functional groups attached to an aromatic ring is 1. The number of hydrogen-bond acceptors (Lipinski definition) is 4. The van der Waals surface area contributed by atoms with Gasteiger partial charge in [-0.2, -0.15) is 0 Å². The molecule has 1 aliphatic heterocycles. The van der Waals surface area contributed by atoms with Crippen LogP contribution < -0.4 is 5.73 Å². The van der Waals surface area contributed by atoms with Gasteiger partial charge in [0.1, 0.15) is 6.04 Å². The summed E-state index contributed by atoms with van der Waals surface area (Å²) >= 11 is 0. The van der Waals surface area contributed by atoms with Gasteiger partial charge in [-0.05, 0) is 30.7 Å². The highest BCUT2D eigenvalue weighted by atomic mass is 16.2. The molecule has 1 atom stereocenters. The number of hydrogen-bond donors (Lipinski definition) is 1. The topological polar surface area (TPSA) is 80.5 Å². The number of ketones is 1. The summed E-state index contributed by atoms with van der Waals surface area (Å²) in [5, 5.41) is 0. The lowest BCUT2D eigenvalue weighted by Gasteiger charge is -2.25. The van der Waals surface area contributed by atoms with E-state index in [1.165, 1.54) is 12.2 Å².